The molecular weight excluding hydrogens is 410 g/mol. The van der Waals surface area contributed by atoms with Crippen LogP contribution in [0.1, 0.15) is 47.5 Å². The summed E-state index contributed by atoms with van der Waals surface area (Å²) in [6, 6.07) is 3.58. The number of hydrogen-bond donors (Lipinski definition) is 2. The first-order valence-electron chi connectivity index (χ1n) is 10.0. The van der Waals surface area contributed by atoms with E-state index in [-0.39, 0.29) is 10.6 Å². The van der Waals surface area contributed by atoms with E-state index in [0.29, 0.717) is 25.4 Å². The van der Waals surface area contributed by atoms with E-state index in [9.17, 15) is 18.0 Å². The molecule has 0 aromatic heterocycles. The molecule has 2 rings (SSSR count). The second-order valence-corrected chi connectivity index (χ2v) is 9.97. The predicted molar refractivity (Wildman–Crippen MR) is 113 cm³/mol. The second kappa shape index (κ2) is 9.65. The molecule has 9 nitrogen and oxygen atoms in total. The Morgan fingerprint density at radius 1 is 1.20 bits per heavy atom. The Hall–Kier alpha value is -2.33. The zero-order valence-electron chi connectivity index (χ0n) is 18.1. The fourth-order valence-electron chi connectivity index (χ4n) is 2.93. The molecule has 1 aromatic carbocycles. The maximum absolute atomic E-state index is 13.0. The summed E-state index contributed by atoms with van der Waals surface area (Å²) in [6.07, 6.45) is 0.912. The highest BCUT2D eigenvalue weighted by atomic mass is 32.2. The van der Waals surface area contributed by atoms with Crippen molar-refractivity contribution < 1.29 is 27.5 Å². The van der Waals surface area contributed by atoms with Crippen LogP contribution in [0.4, 0.5) is 10.5 Å². The fraction of sp³-hybridized carbons (Fsp3) is 0.600. The van der Waals surface area contributed by atoms with Gasteiger partial charge in [-0.15, -0.1) is 0 Å². The normalized spacial score (nSPS) is 16.0. The highest BCUT2D eigenvalue weighted by Crippen LogP contribution is 2.31. The van der Waals surface area contributed by atoms with Gasteiger partial charge in [0.2, 0.25) is 15.9 Å². The van der Waals surface area contributed by atoms with Crippen molar-refractivity contribution in [3.63, 3.8) is 0 Å². The maximum Gasteiger partial charge on any atom is 0.408 e. The van der Waals surface area contributed by atoms with Gasteiger partial charge in [-0.25, -0.2) is 13.2 Å². The number of nitrogens with one attached hydrogen (secondary N) is 2. The number of benzene rings is 1. The summed E-state index contributed by atoms with van der Waals surface area (Å²) in [5.41, 5.74) is -0.395. The van der Waals surface area contributed by atoms with Crippen molar-refractivity contribution >= 4 is 27.7 Å². The van der Waals surface area contributed by atoms with Crippen molar-refractivity contribution in [1.82, 2.24) is 9.62 Å². The van der Waals surface area contributed by atoms with Crippen molar-refractivity contribution in [3.8, 4) is 5.75 Å². The Morgan fingerprint density at radius 2 is 1.83 bits per heavy atom. The highest BCUT2D eigenvalue weighted by Gasteiger charge is 2.30. The fourth-order valence-corrected chi connectivity index (χ4v) is 4.60. The molecule has 30 heavy (non-hydrogen) atoms. The third kappa shape index (κ3) is 6.33. The van der Waals surface area contributed by atoms with Gasteiger partial charge in [0.15, 0.2) is 0 Å². The molecule has 1 aliphatic heterocycles. The second-order valence-electron chi connectivity index (χ2n) is 8.06. The summed E-state index contributed by atoms with van der Waals surface area (Å²) in [4.78, 5) is 24.3. The molecule has 1 fully saturated rings. The number of anilines is 1. The Morgan fingerprint density at radius 3 is 2.40 bits per heavy atom. The molecule has 1 heterocycles. The minimum absolute atomic E-state index is 0.0109. The van der Waals surface area contributed by atoms with Crippen LogP contribution in [0.15, 0.2) is 23.1 Å². The van der Waals surface area contributed by atoms with E-state index in [0.717, 1.165) is 12.8 Å². The van der Waals surface area contributed by atoms with Gasteiger partial charge in [0.05, 0.1) is 6.61 Å². The lowest BCUT2D eigenvalue weighted by Crippen LogP contribution is -2.44. The molecule has 0 radical (unpaired) electrons. The molecule has 1 saturated heterocycles. The number of nitrogens with zero attached hydrogens (tertiary/aromatic N) is 1. The van der Waals surface area contributed by atoms with Crippen molar-refractivity contribution in [2.75, 3.05) is 25.0 Å². The number of sulfonamides is 1. The standard InChI is InChI=1S/C20H31N3O6S/c1-6-28-16-10-9-15(13-17(16)30(26,27)23-11-7-8-12-23)22-18(24)14(2)21-19(25)29-20(3,4)5/h9-10,13-14H,6-8,11-12H2,1-5H3,(H,21,25)(H,22,24). The van der Waals surface area contributed by atoms with E-state index in [4.69, 9.17) is 9.47 Å². The summed E-state index contributed by atoms with van der Waals surface area (Å²) >= 11 is 0. The van der Waals surface area contributed by atoms with Crippen molar-refractivity contribution in [1.29, 1.82) is 0 Å². The first kappa shape index (κ1) is 23.9. The Kier molecular flexibility index (Phi) is 7.70. The maximum atomic E-state index is 13.0. The molecule has 1 aromatic rings. The number of carbonyl (C=O) groups is 2. The smallest absolute Gasteiger partial charge is 0.408 e. The molecule has 0 saturated carbocycles. The summed E-state index contributed by atoms with van der Waals surface area (Å²) in [6.45, 7) is 9.67. The molecule has 2 amide bonds. The Labute approximate surface area is 178 Å². The number of ether oxygens (including phenoxy) is 2. The van der Waals surface area contributed by atoms with Crippen LogP contribution in [-0.4, -0.2) is 56.1 Å². The van der Waals surface area contributed by atoms with Gasteiger partial charge in [0.25, 0.3) is 0 Å². The van der Waals surface area contributed by atoms with Gasteiger partial charge in [0, 0.05) is 18.8 Å². The first-order chi connectivity index (χ1) is 13.9. The van der Waals surface area contributed by atoms with Crippen LogP contribution in [0.2, 0.25) is 0 Å². The largest absolute Gasteiger partial charge is 0.492 e. The van der Waals surface area contributed by atoms with Gasteiger partial charge in [-0.2, -0.15) is 4.31 Å². The lowest BCUT2D eigenvalue weighted by molar-refractivity contribution is -0.117. The van der Waals surface area contributed by atoms with E-state index in [2.05, 4.69) is 10.6 Å². The SMILES string of the molecule is CCOc1ccc(NC(=O)C(C)NC(=O)OC(C)(C)C)cc1S(=O)(=O)N1CCCC1. The van der Waals surface area contributed by atoms with Gasteiger partial charge in [-0.05, 0) is 65.7 Å². The van der Waals surface area contributed by atoms with Gasteiger partial charge in [-0.1, -0.05) is 0 Å². The van der Waals surface area contributed by atoms with Crippen LogP contribution in [-0.2, 0) is 19.6 Å². The summed E-state index contributed by atoms with van der Waals surface area (Å²) in [7, 11) is -3.74. The molecule has 10 heteroatoms. The van der Waals surface area contributed by atoms with Crippen molar-refractivity contribution in [2.45, 2.75) is 64.0 Å². The highest BCUT2D eigenvalue weighted by molar-refractivity contribution is 7.89. The Balaban J connectivity index is 2.18. The van der Waals surface area contributed by atoms with Gasteiger partial charge in [0.1, 0.15) is 22.3 Å². The van der Waals surface area contributed by atoms with Crippen LogP contribution >= 0.6 is 0 Å². The predicted octanol–water partition coefficient (Wildman–Crippen LogP) is 2.72. The van der Waals surface area contributed by atoms with E-state index in [1.807, 2.05) is 0 Å². The van der Waals surface area contributed by atoms with Crippen LogP contribution < -0.4 is 15.4 Å². The first-order valence-corrected chi connectivity index (χ1v) is 11.5. The molecule has 0 bridgehead atoms. The number of hydrogen-bond acceptors (Lipinski definition) is 6. The molecular formula is C20H31N3O6S. The summed E-state index contributed by atoms with van der Waals surface area (Å²) in [5, 5.41) is 5.09. The molecule has 1 aliphatic rings. The van der Waals surface area contributed by atoms with Gasteiger partial charge >= 0.3 is 6.09 Å². The lowest BCUT2D eigenvalue weighted by atomic mass is 10.2. The monoisotopic (exact) mass is 441 g/mol. The van der Waals surface area contributed by atoms with E-state index >= 15 is 0 Å². The third-order valence-corrected chi connectivity index (χ3v) is 6.24. The molecule has 1 unspecified atom stereocenters. The molecule has 1 atom stereocenters. The number of carbonyl (C=O) groups excluding carboxylic acids is 2. The van der Waals surface area contributed by atoms with Gasteiger partial charge < -0.3 is 20.1 Å². The van der Waals surface area contributed by atoms with Crippen molar-refractivity contribution in [2.24, 2.45) is 0 Å². The summed E-state index contributed by atoms with van der Waals surface area (Å²) < 4.78 is 38.1. The quantitative estimate of drug-likeness (QED) is 0.672. The lowest BCUT2D eigenvalue weighted by Gasteiger charge is -2.22. The van der Waals surface area contributed by atoms with Crippen molar-refractivity contribution in [3.05, 3.63) is 18.2 Å². The molecule has 0 spiro atoms. The average Bonchev–Trinajstić information content (AvgIpc) is 3.16. The van der Waals surface area contributed by atoms with E-state index in [1.165, 1.54) is 23.4 Å². The third-order valence-electron chi connectivity index (χ3n) is 4.32. The Bertz CT molecular complexity index is 873. The topological polar surface area (TPSA) is 114 Å². The summed E-state index contributed by atoms with van der Waals surface area (Å²) in [5.74, 6) is -0.267. The molecule has 0 aliphatic carbocycles. The van der Waals surface area contributed by atoms with Crippen LogP contribution in [0.5, 0.6) is 5.75 Å². The van der Waals surface area contributed by atoms with Crippen LogP contribution in [0, 0.1) is 0 Å². The van der Waals surface area contributed by atoms with Crippen LogP contribution in [0.3, 0.4) is 0 Å². The van der Waals surface area contributed by atoms with Crippen LogP contribution in [0.25, 0.3) is 0 Å². The number of amides is 2. The van der Waals surface area contributed by atoms with E-state index < -0.39 is 33.7 Å². The van der Waals surface area contributed by atoms with E-state index in [1.54, 1.807) is 33.8 Å². The minimum atomic E-state index is -3.74. The molecule has 168 valence electrons. The average molecular weight is 442 g/mol. The zero-order chi connectivity index (χ0) is 22.5. The number of alkyl carbamates (subject to hydrolysis) is 1. The number of rotatable bonds is 7. The molecule has 2 N–H and O–H groups in total. The zero-order valence-corrected chi connectivity index (χ0v) is 19.0. The minimum Gasteiger partial charge on any atom is -0.492 e. The van der Waals surface area contributed by atoms with Gasteiger partial charge in [-0.3, -0.25) is 4.79 Å².